The lowest BCUT2D eigenvalue weighted by molar-refractivity contribution is -0.112. The van der Waals surface area contributed by atoms with Gasteiger partial charge in [0, 0.05) is 15.7 Å². The number of rotatable bonds is 13. The van der Waals surface area contributed by atoms with E-state index < -0.39 is 5.91 Å². The van der Waals surface area contributed by atoms with Crippen LogP contribution in [0.3, 0.4) is 0 Å². The number of halogens is 1. The van der Waals surface area contributed by atoms with E-state index in [4.69, 9.17) is 9.47 Å². The van der Waals surface area contributed by atoms with Crippen molar-refractivity contribution in [3.63, 3.8) is 0 Å². The number of carbonyl (C=O) groups is 1. The molecule has 0 heterocycles. The zero-order valence-corrected chi connectivity index (χ0v) is 20.4. The summed E-state index contributed by atoms with van der Waals surface area (Å²) in [5.41, 5.74) is 1.28. The number of ether oxygens (including phenoxy) is 2. The predicted octanol–water partition coefficient (Wildman–Crippen LogP) is 7.13. The molecule has 0 unspecified atom stereocenters. The van der Waals surface area contributed by atoms with Crippen molar-refractivity contribution < 1.29 is 14.3 Å². The summed E-state index contributed by atoms with van der Waals surface area (Å²) in [5, 5.41) is 12.3. The molecule has 0 aliphatic heterocycles. The van der Waals surface area contributed by atoms with Crippen molar-refractivity contribution in [3.05, 3.63) is 58.1 Å². The Labute approximate surface area is 199 Å². The molecular weight excluding hydrogens is 468 g/mol. The molecule has 0 aromatic heterocycles. The van der Waals surface area contributed by atoms with E-state index in [9.17, 15) is 10.1 Å². The molecule has 0 atom stereocenters. The Bertz CT molecular complexity index is 933. The van der Waals surface area contributed by atoms with E-state index in [1.165, 1.54) is 25.7 Å². The largest absolute Gasteiger partial charge is 0.494 e. The second-order valence-electron chi connectivity index (χ2n) is 7.38. The lowest BCUT2D eigenvalue weighted by atomic mass is 10.1. The third-order valence-corrected chi connectivity index (χ3v) is 5.31. The first-order chi connectivity index (χ1) is 15.6. The Morgan fingerprint density at radius 1 is 1.03 bits per heavy atom. The molecule has 6 heteroatoms. The van der Waals surface area contributed by atoms with Crippen molar-refractivity contribution in [2.45, 2.75) is 52.4 Å². The SMILES string of the molecule is CCCCCCCCOc1ccc(Br)cc1/C=C(\C#N)C(=O)Nc1ccc(OCC)cc1. The van der Waals surface area contributed by atoms with E-state index in [-0.39, 0.29) is 5.57 Å². The minimum Gasteiger partial charge on any atom is -0.494 e. The van der Waals surface area contributed by atoms with Crippen LogP contribution in [0.2, 0.25) is 0 Å². The van der Waals surface area contributed by atoms with E-state index in [0.717, 1.165) is 23.1 Å². The lowest BCUT2D eigenvalue weighted by Gasteiger charge is -2.11. The van der Waals surface area contributed by atoms with Gasteiger partial charge in [0.25, 0.3) is 5.91 Å². The van der Waals surface area contributed by atoms with Crippen LogP contribution in [-0.2, 0) is 4.79 Å². The van der Waals surface area contributed by atoms with Crippen LogP contribution in [0.1, 0.15) is 57.9 Å². The number of nitrogens with one attached hydrogen (secondary N) is 1. The van der Waals surface area contributed by atoms with Crippen LogP contribution < -0.4 is 14.8 Å². The lowest BCUT2D eigenvalue weighted by Crippen LogP contribution is -2.13. The molecular formula is C26H31BrN2O3. The third-order valence-electron chi connectivity index (χ3n) is 4.82. The number of amides is 1. The Kier molecular flexibility index (Phi) is 11.4. The maximum atomic E-state index is 12.7. The first-order valence-corrected chi connectivity index (χ1v) is 11.9. The van der Waals surface area contributed by atoms with Gasteiger partial charge in [-0.25, -0.2) is 0 Å². The fourth-order valence-electron chi connectivity index (χ4n) is 3.13. The molecule has 0 radical (unpaired) electrons. The van der Waals surface area contributed by atoms with Gasteiger partial charge >= 0.3 is 0 Å². The molecule has 32 heavy (non-hydrogen) atoms. The number of unbranched alkanes of at least 4 members (excludes halogenated alkanes) is 5. The summed E-state index contributed by atoms with van der Waals surface area (Å²) >= 11 is 3.46. The predicted molar refractivity (Wildman–Crippen MR) is 133 cm³/mol. The molecule has 0 saturated carbocycles. The number of nitriles is 1. The van der Waals surface area contributed by atoms with Gasteiger partial charge in [0.15, 0.2) is 0 Å². The highest BCUT2D eigenvalue weighted by atomic mass is 79.9. The van der Waals surface area contributed by atoms with Crippen molar-refractivity contribution in [2.75, 3.05) is 18.5 Å². The zero-order chi connectivity index (χ0) is 23.2. The van der Waals surface area contributed by atoms with Crippen molar-refractivity contribution in [1.29, 1.82) is 5.26 Å². The standard InChI is InChI=1S/C26H31BrN2O3/c1-3-5-6-7-8-9-16-32-25-15-10-22(27)18-20(25)17-21(19-28)26(30)29-23-11-13-24(14-12-23)31-4-2/h10-15,17-18H,3-9,16H2,1-2H3,(H,29,30)/b21-17+. The van der Waals surface area contributed by atoms with Crippen LogP contribution in [0.15, 0.2) is 52.5 Å². The molecule has 0 spiro atoms. The molecule has 2 rings (SSSR count). The zero-order valence-electron chi connectivity index (χ0n) is 18.8. The highest BCUT2D eigenvalue weighted by Crippen LogP contribution is 2.26. The fraction of sp³-hybridized carbons (Fsp3) is 0.385. The van der Waals surface area contributed by atoms with Crippen molar-refractivity contribution >= 4 is 33.6 Å². The van der Waals surface area contributed by atoms with Crippen LogP contribution in [0.25, 0.3) is 6.08 Å². The average molecular weight is 499 g/mol. The van der Waals surface area contributed by atoms with E-state index in [0.29, 0.717) is 30.2 Å². The van der Waals surface area contributed by atoms with E-state index in [1.807, 2.05) is 31.2 Å². The summed E-state index contributed by atoms with van der Waals surface area (Å²) in [4.78, 5) is 12.7. The number of hydrogen-bond donors (Lipinski definition) is 1. The van der Waals surface area contributed by atoms with Crippen LogP contribution in [0, 0.1) is 11.3 Å². The van der Waals surface area contributed by atoms with Crippen molar-refractivity contribution in [2.24, 2.45) is 0 Å². The fourth-order valence-corrected chi connectivity index (χ4v) is 3.51. The minimum absolute atomic E-state index is 0.00130. The quantitative estimate of drug-likeness (QED) is 0.181. The van der Waals surface area contributed by atoms with Gasteiger partial charge in [-0.15, -0.1) is 0 Å². The summed E-state index contributed by atoms with van der Waals surface area (Å²) in [5.74, 6) is 0.907. The Hall–Kier alpha value is -2.78. The Balaban J connectivity index is 2.04. The van der Waals surface area contributed by atoms with Gasteiger partial charge in [0.1, 0.15) is 23.1 Å². The normalized spacial score (nSPS) is 11.0. The number of benzene rings is 2. The monoisotopic (exact) mass is 498 g/mol. The number of nitrogens with zero attached hydrogens (tertiary/aromatic N) is 1. The average Bonchev–Trinajstić information content (AvgIpc) is 2.79. The number of anilines is 1. The second-order valence-corrected chi connectivity index (χ2v) is 8.30. The molecule has 5 nitrogen and oxygen atoms in total. The molecule has 2 aromatic rings. The minimum atomic E-state index is -0.474. The molecule has 170 valence electrons. The van der Waals surface area contributed by atoms with Crippen molar-refractivity contribution in [3.8, 4) is 17.6 Å². The molecule has 0 aliphatic carbocycles. The summed E-state index contributed by atoms with van der Waals surface area (Å²) in [6.07, 6.45) is 8.66. The number of carbonyl (C=O) groups excluding carboxylic acids is 1. The van der Waals surface area contributed by atoms with Crippen LogP contribution >= 0.6 is 15.9 Å². The van der Waals surface area contributed by atoms with Gasteiger partial charge in [0.05, 0.1) is 13.2 Å². The smallest absolute Gasteiger partial charge is 0.266 e. The van der Waals surface area contributed by atoms with Crippen LogP contribution in [0.4, 0.5) is 5.69 Å². The van der Waals surface area contributed by atoms with E-state index in [2.05, 4.69) is 28.2 Å². The van der Waals surface area contributed by atoms with Gasteiger partial charge in [0.2, 0.25) is 0 Å². The van der Waals surface area contributed by atoms with E-state index in [1.54, 1.807) is 30.3 Å². The van der Waals surface area contributed by atoms with Gasteiger partial charge in [-0.3, -0.25) is 4.79 Å². The molecule has 0 aliphatic rings. The van der Waals surface area contributed by atoms with Crippen LogP contribution in [-0.4, -0.2) is 19.1 Å². The van der Waals surface area contributed by atoms with Gasteiger partial charge in [-0.05, 0) is 61.9 Å². The first-order valence-electron chi connectivity index (χ1n) is 11.2. The molecule has 1 amide bonds. The summed E-state index contributed by atoms with van der Waals surface area (Å²) in [7, 11) is 0. The van der Waals surface area contributed by atoms with E-state index >= 15 is 0 Å². The summed E-state index contributed by atoms with van der Waals surface area (Å²) in [6.45, 7) is 5.30. The van der Waals surface area contributed by atoms with Gasteiger partial charge in [-0.2, -0.15) is 5.26 Å². The molecule has 0 bridgehead atoms. The molecule has 0 fully saturated rings. The summed E-state index contributed by atoms with van der Waals surface area (Å²) in [6, 6.07) is 14.6. The highest BCUT2D eigenvalue weighted by Gasteiger charge is 2.12. The maximum Gasteiger partial charge on any atom is 0.266 e. The maximum absolute atomic E-state index is 12.7. The summed E-state index contributed by atoms with van der Waals surface area (Å²) < 4.78 is 12.2. The van der Waals surface area contributed by atoms with Gasteiger partial charge in [-0.1, -0.05) is 55.0 Å². The Morgan fingerprint density at radius 2 is 1.75 bits per heavy atom. The molecule has 1 N–H and O–H groups in total. The van der Waals surface area contributed by atoms with Gasteiger partial charge < -0.3 is 14.8 Å². The Morgan fingerprint density at radius 3 is 2.44 bits per heavy atom. The highest BCUT2D eigenvalue weighted by molar-refractivity contribution is 9.10. The topological polar surface area (TPSA) is 71.3 Å². The van der Waals surface area contributed by atoms with Crippen LogP contribution in [0.5, 0.6) is 11.5 Å². The first kappa shape index (κ1) is 25.5. The number of hydrogen-bond acceptors (Lipinski definition) is 4. The molecule has 2 aromatic carbocycles. The molecule has 0 saturated heterocycles. The van der Waals surface area contributed by atoms with Crippen molar-refractivity contribution in [1.82, 2.24) is 0 Å². The third kappa shape index (κ3) is 8.76. The second kappa shape index (κ2) is 14.3.